The Morgan fingerprint density at radius 1 is 1.47 bits per heavy atom. The Bertz CT molecular complexity index is 500. The van der Waals surface area contributed by atoms with Crippen LogP contribution in [-0.2, 0) is 9.59 Å². The number of likely N-dealkylation sites (tertiary alicyclic amines) is 1. The van der Waals surface area contributed by atoms with Crippen LogP contribution in [0.2, 0.25) is 0 Å². The minimum Gasteiger partial charge on any atom is -0.479 e. The molecule has 0 aromatic heterocycles. The molecule has 2 rings (SSSR count). The second-order valence-electron chi connectivity index (χ2n) is 4.30. The van der Waals surface area contributed by atoms with Crippen molar-refractivity contribution in [3.05, 3.63) is 24.3 Å². The molecule has 0 aliphatic carbocycles. The van der Waals surface area contributed by atoms with Crippen LogP contribution >= 0.6 is 0 Å². The fraction of sp³-hybridized carbons (Fsp3) is 0.385. The third-order valence-corrected chi connectivity index (χ3v) is 2.72. The van der Waals surface area contributed by atoms with Gasteiger partial charge in [0.1, 0.15) is 17.7 Å². The first-order valence-corrected chi connectivity index (χ1v) is 5.91. The Balaban J connectivity index is 1.97. The van der Waals surface area contributed by atoms with Crippen molar-refractivity contribution in [2.24, 2.45) is 0 Å². The quantitative estimate of drug-likeness (QED) is 0.488. The molecule has 1 amide bonds. The number of amides is 1. The maximum absolute atomic E-state index is 11.6. The number of hydrogen-bond acceptors (Lipinski definition) is 5. The van der Waals surface area contributed by atoms with E-state index in [1.165, 1.54) is 18.7 Å². The summed E-state index contributed by atoms with van der Waals surface area (Å²) in [5, 5.41) is 9.26. The van der Waals surface area contributed by atoms with Gasteiger partial charge >= 0.3 is 5.97 Å². The van der Waals surface area contributed by atoms with Crippen LogP contribution in [0.3, 0.4) is 0 Å². The zero-order chi connectivity index (χ0) is 14.0. The van der Waals surface area contributed by atoms with Gasteiger partial charge in [0.25, 0.3) is 5.91 Å². The van der Waals surface area contributed by atoms with Gasteiger partial charge in [0.05, 0.1) is 6.54 Å². The van der Waals surface area contributed by atoms with Crippen molar-refractivity contribution in [2.75, 3.05) is 6.54 Å². The minimum atomic E-state index is -0.806. The monoisotopic (exact) mass is 265 g/mol. The van der Waals surface area contributed by atoms with Crippen LogP contribution in [0.1, 0.15) is 13.8 Å². The highest BCUT2D eigenvalue weighted by molar-refractivity contribution is 5.87. The largest absolute Gasteiger partial charge is 0.479 e. The van der Waals surface area contributed by atoms with E-state index in [2.05, 4.69) is 0 Å². The number of carbonyl (C=O) groups is 2. The number of hydrogen-bond donors (Lipinski definition) is 1. The third-order valence-electron chi connectivity index (χ3n) is 2.72. The van der Waals surface area contributed by atoms with E-state index in [9.17, 15) is 14.7 Å². The number of aliphatic hydroxyl groups is 1. The van der Waals surface area contributed by atoms with Gasteiger partial charge in [0.2, 0.25) is 0 Å². The van der Waals surface area contributed by atoms with Crippen molar-refractivity contribution in [1.82, 2.24) is 4.90 Å². The zero-order valence-corrected chi connectivity index (χ0v) is 10.7. The SMILES string of the molecule is CC(=O)Oc1cccc(OC2CN([C@@H](C)O)C2=O)c1. The molecule has 102 valence electrons. The lowest BCUT2D eigenvalue weighted by molar-refractivity contribution is -0.167. The highest BCUT2D eigenvalue weighted by Gasteiger charge is 2.40. The smallest absolute Gasteiger partial charge is 0.308 e. The Hall–Kier alpha value is -2.08. The predicted molar refractivity (Wildman–Crippen MR) is 65.6 cm³/mol. The van der Waals surface area contributed by atoms with Gasteiger partial charge in [-0.15, -0.1) is 0 Å². The fourth-order valence-corrected chi connectivity index (χ4v) is 1.78. The van der Waals surface area contributed by atoms with E-state index in [-0.39, 0.29) is 5.91 Å². The minimum absolute atomic E-state index is 0.257. The molecule has 1 aliphatic heterocycles. The number of carbonyl (C=O) groups excluding carboxylic acids is 2. The van der Waals surface area contributed by atoms with Gasteiger partial charge in [-0.05, 0) is 19.1 Å². The van der Waals surface area contributed by atoms with E-state index < -0.39 is 18.3 Å². The predicted octanol–water partition coefficient (Wildman–Crippen LogP) is 0.540. The Kier molecular flexibility index (Phi) is 3.71. The van der Waals surface area contributed by atoms with Crippen molar-refractivity contribution in [1.29, 1.82) is 0 Å². The molecule has 0 bridgehead atoms. The Labute approximate surface area is 110 Å². The number of ether oxygens (including phenoxy) is 2. The van der Waals surface area contributed by atoms with Crippen LogP contribution in [0, 0.1) is 0 Å². The van der Waals surface area contributed by atoms with Crippen LogP contribution in [0.15, 0.2) is 24.3 Å². The molecule has 1 N–H and O–H groups in total. The first-order chi connectivity index (χ1) is 8.97. The lowest BCUT2D eigenvalue weighted by Gasteiger charge is -2.39. The molecule has 1 aromatic carbocycles. The molecule has 0 saturated carbocycles. The number of rotatable bonds is 4. The van der Waals surface area contributed by atoms with Gasteiger partial charge in [0.15, 0.2) is 6.10 Å². The molecule has 1 heterocycles. The average molecular weight is 265 g/mol. The van der Waals surface area contributed by atoms with Gasteiger partial charge < -0.3 is 19.5 Å². The van der Waals surface area contributed by atoms with Crippen LogP contribution in [0.4, 0.5) is 0 Å². The number of β-lactam (4-membered cyclic amide) rings is 1. The van der Waals surface area contributed by atoms with Crippen molar-refractivity contribution < 1.29 is 24.2 Å². The molecule has 1 aliphatic rings. The fourth-order valence-electron chi connectivity index (χ4n) is 1.78. The van der Waals surface area contributed by atoms with Gasteiger partial charge in [-0.3, -0.25) is 9.59 Å². The molecule has 1 aromatic rings. The zero-order valence-electron chi connectivity index (χ0n) is 10.7. The molecular weight excluding hydrogens is 250 g/mol. The Morgan fingerprint density at radius 3 is 2.74 bits per heavy atom. The lowest BCUT2D eigenvalue weighted by Crippen LogP contribution is -2.61. The topological polar surface area (TPSA) is 76.1 Å². The third kappa shape index (κ3) is 3.03. The summed E-state index contributed by atoms with van der Waals surface area (Å²) in [7, 11) is 0. The van der Waals surface area contributed by atoms with E-state index in [0.29, 0.717) is 18.0 Å². The molecule has 1 fully saturated rings. The number of esters is 1. The van der Waals surface area contributed by atoms with Crippen molar-refractivity contribution in [2.45, 2.75) is 26.2 Å². The van der Waals surface area contributed by atoms with E-state index in [0.717, 1.165) is 0 Å². The van der Waals surface area contributed by atoms with Crippen LogP contribution in [0.5, 0.6) is 11.5 Å². The highest BCUT2D eigenvalue weighted by Crippen LogP contribution is 2.24. The normalized spacial score (nSPS) is 19.6. The van der Waals surface area contributed by atoms with E-state index >= 15 is 0 Å². The van der Waals surface area contributed by atoms with Gasteiger partial charge in [0, 0.05) is 13.0 Å². The molecule has 6 heteroatoms. The van der Waals surface area contributed by atoms with E-state index in [4.69, 9.17) is 9.47 Å². The highest BCUT2D eigenvalue weighted by atomic mass is 16.5. The van der Waals surface area contributed by atoms with Crippen molar-refractivity contribution in [3.8, 4) is 11.5 Å². The molecule has 1 unspecified atom stereocenters. The summed E-state index contributed by atoms with van der Waals surface area (Å²) in [5.41, 5.74) is 0. The molecule has 19 heavy (non-hydrogen) atoms. The molecule has 2 atom stereocenters. The molecule has 0 spiro atoms. The number of aliphatic hydroxyl groups excluding tert-OH is 1. The summed E-state index contributed by atoms with van der Waals surface area (Å²) in [4.78, 5) is 23.8. The lowest BCUT2D eigenvalue weighted by atomic mass is 10.1. The van der Waals surface area contributed by atoms with Crippen molar-refractivity contribution in [3.63, 3.8) is 0 Å². The second kappa shape index (κ2) is 5.27. The maximum atomic E-state index is 11.6. The first kappa shape index (κ1) is 13.4. The van der Waals surface area contributed by atoms with Crippen LogP contribution in [-0.4, -0.2) is 40.8 Å². The summed E-state index contributed by atoms with van der Waals surface area (Å²) in [5.74, 6) is 0.136. The first-order valence-electron chi connectivity index (χ1n) is 5.91. The second-order valence-corrected chi connectivity index (χ2v) is 4.30. The molecule has 0 radical (unpaired) electrons. The van der Waals surface area contributed by atoms with Crippen molar-refractivity contribution >= 4 is 11.9 Å². The summed E-state index contributed by atoms with van der Waals surface area (Å²) in [6.07, 6.45) is -1.40. The van der Waals surface area contributed by atoms with E-state index in [1.54, 1.807) is 24.3 Å². The molecular formula is C13H15NO5. The summed E-state index contributed by atoms with van der Waals surface area (Å²) in [6, 6.07) is 6.51. The van der Waals surface area contributed by atoms with Crippen LogP contribution < -0.4 is 9.47 Å². The van der Waals surface area contributed by atoms with Crippen LogP contribution in [0.25, 0.3) is 0 Å². The molecule has 1 saturated heterocycles. The maximum Gasteiger partial charge on any atom is 0.308 e. The molecule has 6 nitrogen and oxygen atoms in total. The van der Waals surface area contributed by atoms with Gasteiger partial charge in [-0.2, -0.15) is 0 Å². The summed E-state index contributed by atoms with van der Waals surface area (Å²) in [6.45, 7) is 3.17. The van der Waals surface area contributed by atoms with E-state index in [1.807, 2.05) is 0 Å². The number of nitrogens with zero attached hydrogens (tertiary/aromatic N) is 1. The average Bonchev–Trinajstić information content (AvgIpc) is 2.32. The van der Waals surface area contributed by atoms with Gasteiger partial charge in [-0.1, -0.05) is 6.07 Å². The Morgan fingerprint density at radius 2 is 2.16 bits per heavy atom. The van der Waals surface area contributed by atoms with Gasteiger partial charge in [-0.25, -0.2) is 0 Å². The summed E-state index contributed by atoms with van der Waals surface area (Å²) >= 11 is 0. The summed E-state index contributed by atoms with van der Waals surface area (Å²) < 4.78 is 10.4. The number of benzene rings is 1. The standard InChI is InChI=1S/C13H15NO5/c1-8(15)14-7-12(13(14)17)19-11-5-3-4-10(6-11)18-9(2)16/h3-6,8,12,15H,7H2,1-2H3/t8-,12?/m1/s1.